The smallest absolute Gasteiger partial charge is 0.330 e. The fourth-order valence-electron chi connectivity index (χ4n) is 3.48. The van der Waals surface area contributed by atoms with Crippen LogP contribution in [0.15, 0.2) is 64.2 Å². The van der Waals surface area contributed by atoms with Gasteiger partial charge in [-0.25, -0.2) is 4.79 Å². The summed E-state index contributed by atoms with van der Waals surface area (Å²) in [5.41, 5.74) is 6.94. The van der Waals surface area contributed by atoms with E-state index in [-0.39, 0.29) is 31.2 Å². The largest absolute Gasteiger partial charge is 0.484 e. The highest BCUT2D eigenvalue weighted by Crippen LogP contribution is 2.20. The van der Waals surface area contributed by atoms with Crippen molar-refractivity contribution < 1.29 is 9.53 Å². The van der Waals surface area contributed by atoms with Gasteiger partial charge in [0, 0.05) is 6.54 Å². The lowest BCUT2D eigenvalue weighted by Gasteiger charge is -2.24. The number of aromatic nitrogens is 2. The number of unbranched alkanes of at least 4 members (excludes halogenated alkanes) is 1. The number of anilines is 2. The minimum atomic E-state index is -0.696. The maximum absolute atomic E-state index is 13.1. The van der Waals surface area contributed by atoms with E-state index in [9.17, 15) is 14.4 Å². The van der Waals surface area contributed by atoms with Crippen LogP contribution in [0.3, 0.4) is 0 Å². The normalized spacial score (nSPS) is 10.7. The van der Waals surface area contributed by atoms with Gasteiger partial charge in [0.25, 0.3) is 11.5 Å². The number of hydrogen-bond acceptors (Lipinski definition) is 5. The average molecular weight is 451 g/mol. The van der Waals surface area contributed by atoms with Gasteiger partial charge in [-0.15, -0.1) is 0 Å². The van der Waals surface area contributed by atoms with Gasteiger partial charge in [-0.3, -0.25) is 19.1 Å². The van der Waals surface area contributed by atoms with Crippen LogP contribution in [-0.4, -0.2) is 28.6 Å². The highest BCUT2D eigenvalue weighted by Gasteiger charge is 2.24. The van der Waals surface area contributed by atoms with Crippen LogP contribution in [-0.2, 0) is 17.8 Å². The fraction of sp³-hybridized carbons (Fsp3) is 0.320. The molecule has 1 amide bonds. The van der Waals surface area contributed by atoms with Crippen LogP contribution in [0.4, 0.5) is 11.5 Å². The van der Waals surface area contributed by atoms with Crippen LogP contribution in [0.2, 0.25) is 0 Å². The molecule has 8 heteroatoms. The predicted octanol–water partition coefficient (Wildman–Crippen LogP) is 2.94. The van der Waals surface area contributed by atoms with Crippen molar-refractivity contribution in [3.05, 3.63) is 86.6 Å². The lowest BCUT2D eigenvalue weighted by atomic mass is 10.2. The molecule has 1 heterocycles. The highest BCUT2D eigenvalue weighted by atomic mass is 16.5. The van der Waals surface area contributed by atoms with Gasteiger partial charge in [-0.1, -0.05) is 62.7 Å². The topological polar surface area (TPSA) is 110 Å². The first-order valence-corrected chi connectivity index (χ1v) is 11.1. The lowest BCUT2D eigenvalue weighted by molar-refractivity contribution is -0.120. The monoisotopic (exact) mass is 450 g/mol. The Hall–Kier alpha value is -3.81. The minimum absolute atomic E-state index is 0.0334. The Morgan fingerprint density at radius 2 is 1.73 bits per heavy atom. The lowest BCUT2D eigenvalue weighted by Crippen LogP contribution is -2.43. The predicted molar refractivity (Wildman–Crippen MR) is 130 cm³/mol. The maximum atomic E-state index is 13.1. The van der Waals surface area contributed by atoms with Crippen LogP contribution in [0, 0.1) is 0 Å². The molecule has 3 rings (SSSR count). The molecule has 0 radical (unpaired) electrons. The van der Waals surface area contributed by atoms with Gasteiger partial charge in [0.1, 0.15) is 11.6 Å². The van der Waals surface area contributed by atoms with E-state index in [1.165, 1.54) is 15.0 Å². The number of carbonyl (C=O) groups excluding carboxylic acids is 1. The van der Waals surface area contributed by atoms with Gasteiger partial charge in [0.2, 0.25) is 0 Å². The van der Waals surface area contributed by atoms with Crippen LogP contribution in [0.1, 0.15) is 37.8 Å². The molecule has 1 aromatic heterocycles. The van der Waals surface area contributed by atoms with Crippen LogP contribution in [0.5, 0.6) is 5.75 Å². The van der Waals surface area contributed by atoms with E-state index in [0.29, 0.717) is 12.2 Å². The van der Waals surface area contributed by atoms with Crippen molar-refractivity contribution >= 4 is 17.4 Å². The molecule has 0 unspecified atom stereocenters. The number of nitrogens with one attached hydrogen (secondary N) is 1. The van der Waals surface area contributed by atoms with Crippen molar-refractivity contribution in [1.82, 2.24) is 9.55 Å². The summed E-state index contributed by atoms with van der Waals surface area (Å²) in [4.78, 5) is 42.0. The second-order valence-corrected chi connectivity index (χ2v) is 7.75. The summed E-state index contributed by atoms with van der Waals surface area (Å²) in [6.07, 6.45) is 2.38. The molecule has 2 aromatic carbocycles. The third-order valence-electron chi connectivity index (χ3n) is 5.40. The molecule has 33 heavy (non-hydrogen) atoms. The van der Waals surface area contributed by atoms with E-state index < -0.39 is 17.2 Å². The molecule has 0 bridgehead atoms. The molecular weight excluding hydrogens is 420 g/mol. The van der Waals surface area contributed by atoms with E-state index in [1.807, 2.05) is 61.5 Å². The van der Waals surface area contributed by atoms with Crippen LogP contribution >= 0.6 is 0 Å². The summed E-state index contributed by atoms with van der Waals surface area (Å²) in [6.45, 7) is 4.24. The first kappa shape index (κ1) is 23.8. The zero-order valence-corrected chi connectivity index (χ0v) is 19.0. The second kappa shape index (κ2) is 11.2. The Labute approximate surface area is 192 Å². The molecule has 3 N–H and O–H groups in total. The summed E-state index contributed by atoms with van der Waals surface area (Å²) in [5, 5.41) is 0. The molecule has 0 spiro atoms. The number of hydrogen-bond donors (Lipinski definition) is 2. The Balaban J connectivity index is 1.90. The molecule has 0 saturated heterocycles. The number of rotatable bonds is 10. The molecule has 0 saturated carbocycles. The summed E-state index contributed by atoms with van der Waals surface area (Å²) < 4.78 is 6.93. The zero-order valence-electron chi connectivity index (χ0n) is 19.0. The quantitative estimate of drug-likeness (QED) is 0.493. The Morgan fingerprint density at radius 3 is 2.36 bits per heavy atom. The van der Waals surface area contributed by atoms with Crippen molar-refractivity contribution in [2.45, 2.75) is 39.7 Å². The fourth-order valence-corrected chi connectivity index (χ4v) is 3.48. The molecule has 0 atom stereocenters. The number of amides is 1. The number of aryl methyl sites for hydroxylation is 1. The molecule has 174 valence electrons. The highest BCUT2D eigenvalue weighted by molar-refractivity contribution is 5.96. The number of aromatic amines is 1. The molecule has 8 nitrogen and oxygen atoms in total. The Morgan fingerprint density at radius 1 is 1.03 bits per heavy atom. The van der Waals surface area contributed by atoms with Crippen molar-refractivity contribution in [2.75, 3.05) is 23.8 Å². The molecule has 0 aliphatic heterocycles. The number of nitrogens with two attached hydrogens (primary N) is 1. The number of benzene rings is 2. The van der Waals surface area contributed by atoms with Gasteiger partial charge < -0.3 is 15.4 Å². The number of H-pyrrole nitrogens is 1. The van der Waals surface area contributed by atoms with Crippen molar-refractivity contribution in [2.24, 2.45) is 0 Å². The molecule has 0 aliphatic carbocycles. The van der Waals surface area contributed by atoms with E-state index in [0.717, 1.165) is 18.4 Å². The summed E-state index contributed by atoms with van der Waals surface area (Å²) in [6, 6.07) is 16.8. The third-order valence-corrected chi connectivity index (χ3v) is 5.40. The minimum Gasteiger partial charge on any atom is -0.484 e. The van der Waals surface area contributed by atoms with E-state index in [1.54, 1.807) is 0 Å². The molecule has 0 aliphatic rings. The van der Waals surface area contributed by atoms with Crippen molar-refractivity contribution in [1.29, 1.82) is 0 Å². The van der Waals surface area contributed by atoms with Gasteiger partial charge in [-0.05, 0) is 36.1 Å². The van der Waals surface area contributed by atoms with Gasteiger partial charge >= 0.3 is 5.69 Å². The Kier molecular flexibility index (Phi) is 8.07. The summed E-state index contributed by atoms with van der Waals surface area (Å²) >= 11 is 0. The third kappa shape index (κ3) is 5.91. The SMILES string of the molecule is CCCCN(C(=O)COc1ccc(CC)cc1)c1c(N)n(Cc2ccccc2)c(=O)[nH]c1=O. The van der Waals surface area contributed by atoms with E-state index in [2.05, 4.69) is 11.9 Å². The maximum Gasteiger partial charge on any atom is 0.330 e. The molecular formula is C25H30N4O4. The van der Waals surface area contributed by atoms with Crippen molar-refractivity contribution in [3.8, 4) is 5.75 Å². The number of nitrogen functional groups attached to an aromatic ring is 1. The van der Waals surface area contributed by atoms with Gasteiger partial charge in [0.05, 0.1) is 6.54 Å². The first-order valence-electron chi connectivity index (χ1n) is 11.1. The van der Waals surface area contributed by atoms with Crippen LogP contribution < -0.4 is 26.6 Å². The molecule has 3 aromatic rings. The van der Waals surface area contributed by atoms with E-state index >= 15 is 0 Å². The summed E-state index contributed by atoms with van der Waals surface area (Å²) in [7, 11) is 0. The zero-order chi connectivity index (χ0) is 23.8. The number of nitrogens with zero attached hydrogens (tertiary/aromatic N) is 2. The summed E-state index contributed by atoms with van der Waals surface area (Å²) in [5.74, 6) is 0.0985. The standard InChI is InChI=1S/C25H30N4O4/c1-3-5-15-28(21(30)17-33-20-13-11-18(4-2)12-14-20)22-23(26)29(25(32)27-24(22)31)16-19-9-7-6-8-10-19/h6-14H,3-5,15-17,26H2,1-2H3,(H,27,31,32). The Bertz CT molecular complexity index is 1180. The molecule has 0 fully saturated rings. The second-order valence-electron chi connectivity index (χ2n) is 7.75. The van der Waals surface area contributed by atoms with E-state index in [4.69, 9.17) is 10.5 Å². The number of ether oxygens (including phenoxy) is 1. The van der Waals surface area contributed by atoms with Gasteiger partial charge in [0.15, 0.2) is 12.3 Å². The number of carbonyl (C=O) groups is 1. The van der Waals surface area contributed by atoms with Crippen molar-refractivity contribution in [3.63, 3.8) is 0 Å². The van der Waals surface area contributed by atoms with Gasteiger partial charge in [-0.2, -0.15) is 0 Å². The van der Waals surface area contributed by atoms with Crippen LogP contribution in [0.25, 0.3) is 0 Å². The first-order chi connectivity index (χ1) is 15.9. The average Bonchev–Trinajstić information content (AvgIpc) is 2.83.